The van der Waals surface area contributed by atoms with Crippen molar-refractivity contribution in [2.24, 2.45) is 0 Å². The zero-order valence-electron chi connectivity index (χ0n) is 16.5. The molecule has 1 aliphatic heterocycles. The first-order chi connectivity index (χ1) is 14.3. The first kappa shape index (κ1) is 18.5. The summed E-state index contributed by atoms with van der Waals surface area (Å²) in [6, 6.07) is 9.29. The molecule has 30 heavy (non-hydrogen) atoms. The highest BCUT2D eigenvalue weighted by Gasteiger charge is 2.45. The summed E-state index contributed by atoms with van der Waals surface area (Å²) in [6.07, 6.45) is 0. The minimum Gasteiger partial charge on any atom is -0.508 e. The van der Waals surface area contributed by atoms with Crippen molar-refractivity contribution in [1.82, 2.24) is 10.2 Å². The zero-order chi connectivity index (χ0) is 21.2. The molecule has 2 aromatic heterocycles. The van der Waals surface area contributed by atoms with Gasteiger partial charge in [0, 0.05) is 0 Å². The van der Waals surface area contributed by atoms with Crippen molar-refractivity contribution in [3.8, 4) is 5.75 Å². The van der Waals surface area contributed by atoms with Crippen molar-refractivity contribution in [2.75, 3.05) is 4.90 Å². The van der Waals surface area contributed by atoms with E-state index in [0.29, 0.717) is 26.7 Å². The van der Waals surface area contributed by atoms with Gasteiger partial charge in [-0.3, -0.25) is 14.5 Å². The van der Waals surface area contributed by atoms with Gasteiger partial charge in [0.15, 0.2) is 5.43 Å². The maximum Gasteiger partial charge on any atom is 0.297 e. The van der Waals surface area contributed by atoms with Gasteiger partial charge in [0.05, 0.1) is 17.0 Å². The molecule has 0 saturated heterocycles. The van der Waals surface area contributed by atoms with Crippen LogP contribution in [0, 0.1) is 20.8 Å². The number of fused-ring (bicyclic) bond motifs is 2. The van der Waals surface area contributed by atoms with Crippen molar-refractivity contribution >= 4 is 33.3 Å². The molecule has 0 bridgehead atoms. The van der Waals surface area contributed by atoms with Gasteiger partial charge in [-0.2, -0.15) is 0 Å². The Kier molecular flexibility index (Phi) is 4.01. The number of benzene rings is 2. The molecule has 1 N–H and O–H groups in total. The second-order valence-corrected chi connectivity index (χ2v) is 8.54. The van der Waals surface area contributed by atoms with E-state index in [1.807, 2.05) is 13.8 Å². The predicted molar refractivity (Wildman–Crippen MR) is 113 cm³/mol. The number of nitrogens with zero attached hydrogens (tertiary/aromatic N) is 3. The van der Waals surface area contributed by atoms with Crippen molar-refractivity contribution in [3.05, 3.63) is 79.6 Å². The summed E-state index contributed by atoms with van der Waals surface area (Å²) in [7, 11) is 0. The molecule has 4 aromatic rings. The quantitative estimate of drug-likeness (QED) is 0.527. The molecule has 150 valence electrons. The monoisotopic (exact) mass is 419 g/mol. The molecular formula is C22H17N3O4S. The first-order valence-corrected chi connectivity index (χ1v) is 10.2. The molecule has 1 atom stereocenters. The van der Waals surface area contributed by atoms with Gasteiger partial charge < -0.3 is 9.52 Å². The molecule has 3 heterocycles. The number of aromatic nitrogens is 2. The van der Waals surface area contributed by atoms with Crippen LogP contribution < -0.4 is 10.3 Å². The third-order valence-electron chi connectivity index (χ3n) is 5.42. The van der Waals surface area contributed by atoms with Crippen LogP contribution in [0.2, 0.25) is 0 Å². The Bertz CT molecular complexity index is 1390. The number of amides is 1. The van der Waals surface area contributed by atoms with Crippen molar-refractivity contribution in [3.63, 3.8) is 0 Å². The lowest BCUT2D eigenvalue weighted by atomic mass is 9.97. The number of carbonyl (C=O) groups excluding carboxylic acids is 1. The number of hydrogen-bond donors (Lipinski definition) is 1. The number of anilines is 1. The lowest BCUT2D eigenvalue weighted by Gasteiger charge is -2.22. The third kappa shape index (κ3) is 2.64. The molecule has 1 unspecified atom stereocenters. The molecule has 0 radical (unpaired) electrons. The molecule has 0 spiro atoms. The highest BCUT2D eigenvalue weighted by Crippen LogP contribution is 2.42. The molecule has 0 saturated carbocycles. The van der Waals surface area contributed by atoms with Crippen molar-refractivity contribution in [1.29, 1.82) is 0 Å². The molecule has 8 heteroatoms. The van der Waals surface area contributed by atoms with E-state index in [1.54, 1.807) is 31.2 Å². The highest BCUT2D eigenvalue weighted by molar-refractivity contribution is 7.15. The molecular weight excluding hydrogens is 402 g/mol. The number of rotatable bonds is 2. The van der Waals surface area contributed by atoms with Gasteiger partial charge in [0.1, 0.15) is 16.3 Å². The van der Waals surface area contributed by atoms with E-state index in [9.17, 15) is 14.7 Å². The van der Waals surface area contributed by atoms with Crippen LogP contribution in [0.3, 0.4) is 0 Å². The molecule has 5 rings (SSSR count). The lowest BCUT2D eigenvalue weighted by molar-refractivity contribution is 0.0970. The van der Waals surface area contributed by atoms with E-state index in [1.165, 1.54) is 28.4 Å². The summed E-state index contributed by atoms with van der Waals surface area (Å²) < 4.78 is 5.98. The summed E-state index contributed by atoms with van der Waals surface area (Å²) in [6.45, 7) is 5.66. The zero-order valence-corrected chi connectivity index (χ0v) is 17.3. The van der Waals surface area contributed by atoms with Crippen LogP contribution >= 0.6 is 11.3 Å². The Labute approximate surface area is 175 Å². The summed E-state index contributed by atoms with van der Waals surface area (Å²) in [5.41, 5.74) is 3.02. The van der Waals surface area contributed by atoms with E-state index < -0.39 is 11.9 Å². The Balaban J connectivity index is 1.83. The largest absolute Gasteiger partial charge is 0.508 e. The minimum atomic E-state index is -0.720. The Hall–Kier alpha value is -3.52. The fourth-order valence-electron chi connectivity index (χ4n) is 3.78. The van der Waals surface area contributed by atoms with Crippen LogP contribution in [0.4, 0.5) is 5.13 Å². The molecule has 7 nitrogen and oxygen atoms in total. The Morgan fingerprint density at radius 1 is 1.03 bits per heavy atom. The number of phenols is 1. The molecule has 1 amide bonds. The fraction of sp³-hybridized carbons (Fsp3) is 0.182. The summed E-state index contributed by atoms with van der Waals surface area (Å²) >= 11 is 1.27. The fourth-order valence-corrected chi connectivity index (χ4v) is 4.50. The number of phenolic OH excluding ortho intramolecular Hbond substituents is 1. The summed E-state index contributed by atoms with van der Waals surface area (Å²) in [5.74, 6) is -0.323. The van der Waals surface area contributed by atoms with E-state index in [0.717, 1.165) is 11.1 Å². The second-order valence-electron chi connectivity index (χ2n) is 7.38. The van der Waals surface area contributed by atoms with E-state index >= 15 is 0 Å². The van der Waals surface area contributed by atoms with Gasteiger partial charge in [0.2, 0.25) is 10.9 Å². The second kappa shape index (κ2) is 6.50. The highest BCUT2D eigenvalue weighted by atomic mass is 32.1. The standard InChI is InChI=1S/C22H17N3O4S/c1-10-8-15-16(9-11(10)2)29-20-17(19(15)27)18(13-4-6-14(26)7-5-13)25(21(20)28)22-24-23-12(3)30-22/h4-9,18,26H,1-3H3. The van der Waals surface area contributed by atoms with Gasteiger partial charge in [0.25, 0.3) is 5.91 Å². The van der Waals surface area contributed by atoms with Crippen LogP contribution in [0.1, 0.15) is 43.9 Å². The summed E-state index contributed by atoms with van der Waals surface area (Å²) in [5, 5.41) is 19.4. The van der Waals surface area contributed by atoms with Crippen LogP contribution in [0.15, 0.2) is 45.6 Å². The van der Waals surface area contributed by atoms with Crippen molar-refractivity contribution < 1.29 is 14.3 Å². The predicted octanol–water partition coefficient (Wildman–Crippen LogP) is 4.03. The number of carbonyl (C=O) groups is 1. The molecule has 1 aliphatic rings. The number of hydrogen-bond acceptors (Lipinski definition) is 7. The summed E-state index contributed by atoms with van der Waals surface area (Å²) in [4.78, 5) is 28.4. The topological polar surface area (TPSA) is 96.5 Å². The van der Waals surface area contributed by atoms with Gasteiger partial charge in [-0.15, -0.1) is 10.2 Å². The van der Waals surface area contributed by atoms with E-state index in [2.05, 4.69) is 10.2 Å². The third-order valence-corrected chi connectivity index (χ3v) is 6.25. The normalized spacial score (nSPS) is 15.8. The van der Waals surface area contributed by atoms with E-state index in [-0.39, 0.29) is 22.5 Å². The van der Waals surface area contributed by atoms with Gasteiger partial charge >= 0.3 is 0 Å². The SMILES string of the molecule is Cc1nnc(N2C(=O)c3oc4cc(C)c(C)cc4c(=O)c3C2c2ccc(O)cc2)s1. The van der Waals surface area contributed by atoms with Gasteiger partial charge in [-0.25, -0.2) is 0 Å². The molecule has 2 aromatic carbocycles. The molecule has 0 fully saturated rings. The average Bonchev–Trinajstić information content (AvgIpc) is 3.26. The lowest BCUT2D eigenvalue weighted by Crippen LogP contribution is -2.29. The molecule has 0 aliphatic carbocycles. The first-order valence-electron chi connectivity index (χ1n) is 9.35. The maximum atomic E-state index is 13.5. The van der Waals surface area contributed by atoms with Gasteiger partial charge in [-0.05, 0) is 61.7 Å². The van der Waals surface area contributed by atoms with Crippen LogP contribution in [-0.4, -0.2) is 21.2 Å². The van der Waals surface area contributed by atoms with Gasteiger partial charge in [-0.1, -0.05) is 23.5 Å². The van der Waals surface area contributed by atoms with E-state index in [4.69, 9.17) is 4.42 Å². The maximum absolute atomic E-state index is 13.5. The smallest absolute Gasteiger partial charge is 0.297 e. The van der Waals surface area contributed by atoms with Crippen LogP contribution in [0.25, 0.3) is 11.0 Å². The number of aromatic hydroxyl groups is 1. The average molecular weight is 419 g/mol. The van der Waals surface area contributed by atoms with Crippen LogP contribution in [-0.2, 0) is 0 Å². The van der Waals surface area contributed by atoms with Crippen LogP contribution in [0.5, 0.6) is 5.75 Å². The minimum absolute atomic E-state index is 0.0154. The van der Waals surface area contributed by atoms with Crippen molar-refractivity contribution in [2.45, 2.75) is 26.8 Å². The number of aryl methyl sites for hydroxylation is 3. The Morgan fingerprint density at radius 3 is 2.40 bits per heavy atom. The Morgan fingerprint density at radius 2 is 1.73 bits per heavy atom.